The van der Waals surface area contributed by atoms with Crippen molar-refractivity contribution in [3.8, 4) is 5.75 Å². The molecule has 0 aliphatic carbocycles. The van der Waals surface area contributed by atoms with Crippen LogP contribution in [0.4, 0.5) is 5.69 Å². The zero-order chi connectivity index (χ0) is 18.0. The second-order valence-electron chi connectivity index (χ2n) is 5.89. The van der Waals surface area contributed by atoms with Crippen LogP contribution < -0.4 is 15.1 Å². The van der Waals surface area contributed by atoms with Gasteiger partial charge in [0.25, 0.3) is 11.8 Å². The number of amides is 2. The first-order chi connectivity index (χ1) is 12.0. The van der Waals surface area contributed by atoms with Gasteiger partial charge in [-0.25, -0.2) is 10.5 Å². The molecule has 0 fully saturated rings. The molecule has 3 rings (SSSR count). The number of carbonyl (C=O) groups excluding carboxylic acids is 2. The van der Waals surface area contributed by atoms with Crippen molar-refractivity contribution >= 4 is 17.5 Å². The van der Waals surface area contributed by atoms with E-state index >= 15 is 0 Å². The zero-order valence-electron chi connectivity index (χ0n) is 14.1. The highest BCUT2D eigenvalue weighted by molar-refractivity contribution is 6.00. The van der Waals surface area contributed by atoms with E-state index in [9.17, 15) is 9.59 Å². The maximum absolute atomic E-state index is 12.4. The van der Waals surface area contributed by atoms with Gasteiger partial charge in [-0.1, -0.05) is 13.3 Å². The number of hydroxylamine groups is 1. The molecule has 1 aliphatic heterocycles. The summed E-state index contributed by atoms with van der Waals surface area (Å²) in [7, 11) is 0. The van der Waals surface area contributed by atoms with Gasteiger partial charge in [-0.2, -0.15) is 0 Å². The fourth-order valence-electron chi connectivity index (χ4n) is 2.90. The summed E-state index contributed by atoms with van der Waals surface area (Å²) in [5.74, 6) is 0.462. The van der Waals surface area contributed by atoms with Crippen molar-refractivity contribution in [2.45, 2.75) is 33.2 Å². The standard InChI is InChI=1S/C17H20N4O4/c1-3-4-12-13(19-10(2)18-12)8-21-14-7-11(17(23)20-24)5-6-15(14)25-9-16(21)22/h5-7,24H,3-4,8-9H2,1-2H3,(H,18,19)(H,20,23). The second kappa shape index (κ2) is 6.94. The predicted octanol–water partition coefficient (Wildman–Crippen LogP) is 1.72. The third-order valence-electron chi connectivity index (χ3n) is 4.05. The van der Waals surface area contributed by atoms with Gasteiger partial charge in [0.05, 0.1) is 23.6 Å². The van der Waals surface area contributed by atoms with Crippen molar-refractivity contribution in [3.05, 3.63) is 41.0 Å². The van der Waals surface area contributed by atoms with E-state index in [1.54, 1.807) is 16.4 Å². The predicted molar refractivity (Wildman–Crippen MR) is 89.7 cm³/mol. The first-order valence-corrected chi connectivity index (χ1v) is 8.09. The number of rotatable bonds is 5. The van der Waals surface area contributed by atoms with E-state index in [4.69, 9.17) is 9.94 Å². The molecule has 2 heterocycles. The Bertz CT molecular complexity index is 815. The molecule has 2 aromatic rings. The number of nitrogens with zero attached hydrogens (tertiary/aromatic N) is 2. The van der Waals surface area contributed by atoms with Gasteiger partial charge < -0.3 is 9.72 Å². The lowest BCUT2D eigenvalue weighted by molar-refractivity contribution is -0.121. The summed E-state index contributed by atoms with van der Waals surface area (Å²) in [4.78, 5) is 33.3. The minimum Gasteiger partial charge on any atom is -0.482 e. The molecule has 0 spiro atoms. The average Bonchev–Trinajstić information content (AvgIpc) is 2.96. The molecule has 0 atom stereocenters. The Morgan fingerprint density at radius 2 is 2.28 bits per heavy atom. The molecule has 1 aliphatic rings. The summed E-state index contributed by atoms with van der Waals surface area (Å²) in [6, 6.07) is 4.67. The minimum absolute atomic E-state index is 0.0607. The number of ether oxygens (including phenoxy) is 1. The summed E-state index contributed by atoms with van der Waals surface area (Å²) < 4.78 is 5.44. The van der Waals surface area contributed by atoms with E-state index in [0.717, 1.165) is 30.1 Å². The average molecular weight is 344 g/mol. The van der Waals surface area contributed by atoms with E-state index in [0.29, 0.717) is 18.0 Å². The van der Waals surface area contributed by atoms with Gasteiger partial charge in [0, 0.05) is 5.56 Å². The summed E-state index contributed by atoms with van der Waals surface area (Å²) in [5.41, 5.74) is 4.13. The Morgan fingerprint density at radius 3 is 3.00 bits per heavy atom. The van der Waals surface area contributed by atoms with Crippen molar-refractivity contribution in [2.75, 3.05) is 11.5 Å². The van der Waals surface area contributed by atoms with Crippen LogP contribution in [0.1, 0.15) is 40.9 Å². The molecule has 8 nitrogen and oxygen atoms in total. The number of hydrogen-bond donors (Lipinski definition) is 3. The third kappa shape index (κ3) is 3.34. The van der Waals surface area contributed by atoms with Crippen LogP contribution in [0, 0.1) is 6.92 Å². The minimum atomic E-state index is -0.648. The van der Waals surface area contributed by atoms with Crippen LogP contribution in [0.5, 0.6) is 5.75 Å². The van der Waals surface area contributed by atoms with Crippen LogP contribution in [0.25, 0.3) is 0 Å². The highest BCUT2D eigenvalue weighted by Crippen LogP contribution is 2.34. The lowest BCUT2D eigenvalue weighted by Crippen LogP contribution is -2.38. The highest BCUT2D eigenvalue weighted by atomic mass is 16.5. The Kier molecular flexibility index (Phi) is 4.71. The summed E-state index contributed by atoms with van der Waals surface area (Å²) in [6.45, 7) is 4.20. The van der Waals surface area contributed by atoms with Gasteiger partial charge in [-0.3, -0.25) is 19.7 Å². The van der Waals surface area contributed by atoms with E-state index in [1.807, 2.05) is 6.92 Å². The Hall–Kier alpha value is -2.87. The number of imidazole rings is 1. The van der Waals surface area contributed by atoms with Gasteiger partial charge in [-0.15, -0.1) is 0 Å². The van der Waals surface area contributed by atoms with Gasteiger partial charge in [0.2, 0.25) is 0 Å². The normalized spacial score (nSPS) is 13.4. The molecule has 25 heavy (non-hydrogen) atoms. The molecule has 0 radical (unpaired) electrons. The molecule has 2 amide bonds. The molecule has 0 saturated heterocycles. The van der Waals surface area contributed by atoms with Gasteiger partial charge >= 0.3 is 0 Å². The number of aryl methyl sites for hydroxylation is 2. The number of fused-ring (bicyclic) bond motifs is 1. The number of anilines is 1. The van der Waals surface area contributed by atoms with Crippen LogP contribution in [0.3, 0.4) is 0 Å². The maximum atomic E-state index is 12.4. The third-order valence-corrected chi connectivity index (χ3v) is 4.05. The van der Waals surface area contributed by atoms with Crippen LogP contribution in [-0.4, -0.2) is 33.6 Å². The topological polar surface area (TPSA) is 108 Å². The molecule has 1 aromatic carbocycles. The van der Waals surface area contributed by atoms with Crippen molar-refractivity contribution in [1.82, 2.24) is 15.4 Å². The molecule has 8 heteroatoms. The van der Waals surface area contributed by atoms with Gasteiger partial charge in [0.15, 0.2) is 6.61 Å². The fraction of sp³-hybridized carbons (Fsp3) is 0.353. The molecule has 1 aromatic heterocycles. The van der Waals surface area contributed by atoms with Crippen molar-refractivity contribution in [3.63, 3.8) is 0 Å². The molecule has 0 bridgehead atoms. The second-order valence-corrected chi connectivity index (χ2v) is 5.89. The Balaban J connectivity index is 1.97. The quantitative estimate of drug-likeness (QED) is 0.565. The zero-order valence-corrected chi connectivity index (χ0v) is 14.1. The van der Waals surface area contributed by atoms with E-state index in [2.05, 4.69) is 16.9 Å². The van der Waals surface area contributed by atoms with Crippen molar-refractivity contribution < 1.29 is 19.5 Å². The molecule has 132 valence electrons. The first kappa shape index (κ1) is 17.0. The van der Waals surface area contributed by atoms with E-state index < -0.39 is 5.91 Å². The Morgan fingerprint density at radius 1 is 1.48 bits per heavy atom. The molecular weight excluding hydrogens is 324 g/mol. The molecular formula is C17H20N4O4. The number of aromatic nitrogens is 2. The lowest BCUT2D eigenvalue weighted by atomic mass is 10.1. The van der Waals surface area contributed by atoms with Crippen LogP contribution in [0.2, 0.25) is 0 Å². The summed E-state index contributed by atoms with van der Waals surface area (Å²) in [6.07, 6.45) is 1.77. The largest absolute Gasteiger partial charge is 0.482 e. The van der Waals surface area contributed by atoms with Crippen molar-refractivity contribution in [1.29, 1.82) is 0 Å². The summed E-state index contributed by atoms with van der Waals surface area (Å²) in [5, 5.41) is 8.82. The number of benzene rings is 1. The van der Waals surface area contributed by atoms with Crippen LogP contribution >= 0.6 is 0 Å². The fourth-order valence-corrected chi connectivity index (χ4v) is 2.90. The van der Waals surface area contributed by atoms with Crippen LogP contribution in [-0.2, 0) is 17.8 Å². The van der Waals surface area contributed by atoms with E-state index in [1.165, 1.54) is 12.1 Å². The highest BCUT2D eigenvalue weighted by Gasteiger charge is 2.28. The number of hydrogen-bond acceptors (Lipinski definition) is 5. The number of nitrogens with one attached hydrogen (secondary N) is 2. The number of carbonyl (C=O) groups is 2. The van der Waals surface area contributed by atoms with E-state index in [-0.39, 0.29) is 18.1 Å². The number of aromatic amines is 1. The lowest BCUT2D eigenvalue weighted by Gasteiger charge is -2.29. The molecule has 0 unspecified atom stereocenters. The van der Waals surface area contributed by atoms with Gasteiger partial charge in [0.1, 0.15) is 11.6 Å². The monoisotopic (exact) mass is 344 g/mol. The number of H-pyrrole nitrogens is 1. The van der Waals surface area contributed by atoms with Gasteiger partial charge in [-0.05, 0) is 31.5 Å². The molecule has 3 N–H and O–H groups in total. The van der Waals surface area contributed by atoms with Crippen molar-refractivity contribution in [2.24, 2.45) is 0 Å². The smallest absolute Gasteiger partial charge is 0.274 e. The SMILES string of the molecule is CCCc1nc(C)[nH]c1CN1C(=O)COc2ccc(C(=O)NO)cc21. The van der Waals surface area contributed by atoms with Crippen LogP contribution in [0.15, 0.2) is 18.2 Å². The maximum Gasteiger partial charge on any atom is 0.274 e. The Labute approximate surface area is 144 Å². The molecule has 0 saturated carbocycles. The summed E-state index contributed by atoms with van der Waals surface area (Å²) >= 11 is 0. The first-order valence-electron chi connectivity index (χ1n) is 8.09.